The minimum atomic E-state index is -1.04. The van der Waals surface area contributed by atoms with Gasteiger partial charge >= 0.3 is 17.9 Å². The average molecular weight is 446 g/mol. The highest BCUT2D eigenvalue weighted by Gasteiger charge is 2.50. The number of aromatic nitrogens is 3. The molecule has 2 aromatic heterocycles. The van der Waals surface area contributed by atoms with E-state index in [1.165, 1.54) is 37.7 Å². The van der Waals surface area contributed by atoms with Crippen LogP contribution >= 0.6 is 23.2 Å². The first-order valence-electron chi connectivity index (χ1n) is 8.49. The van der Waals surface area contributed by atoms with Crippen molar-refractivity contribution >= 4 is 52.1 Å². The number of ether oxygens (including phenoxy) is 4. The summed E-state index contributed by atoms with van der Waals surface area (Å²) in [4.78, 5) is 42.7. The second kappa shape index (κ2) is 8.52. The van der Waals surface area contributed by atoms with Crippen LogP contribution in [0.1, 0.15) is 27.0 Å². The largest absolute Gasteiger partial charge is 0.463 e. The number of halogens is 2. The van der Waals surface area contributed by atoms with Crippen molar-refractivity contribution in [1.82, 2.24) is 14.5 Å². The number of carbonyl (C=O) groups is 3. The van der Waals surface area contributed by atoms with Gasteiger partial charge in [0, 0.05) is 26.8 Å². The lowest BCUT2D eigenvalue weighted by Gasteiger charge is -2.24. The summed E-state index contributed by atoms with van der Waals surface area (Å²) >= 11 is 12.1. The zero-order valence-electron chi connectivity index (χ0n) is 15.6. The molecule has 0 spiro atoms. The van der Waals surface area contributed by atoms with Crippen molar-refractivity contribution in [3.8, 4) is 0 Å². The van der Waals surface area contributed by atoms with Crippen molar-refractivity contribution in [2.45, 2.75) is 45.3 Å². The van der Waals surface area contributed by atoms with Crippen LogP contribution in [0.15, 0.2) is 12.4 Å². The van der Waals surface area contributed by atoms with Crippen molar-refractivity contribution in [1.29, 1.82) is 0 Å². The number of rotatable bonds is 5. The topological polar surface area (TPSA) is 119 Å². The molecule has 0 amide bonds. The third kappa shape index (κ3) is 4.60. The fraction of sp³-hybridized carbons (Fsp3) is 0.471. The standard InChI is InChI=1S/C17H17Cl2N3O7/c1-7(23)26-5-11-14(27-8(2)24)15(28-9(3)25)17(29-11)22-6-20-13-10(22)4-12(18)21-16(13)19/h4,6,11,14-15,17H,5H2,1-3H3/t11-,14-,15-,17-/m1/s1. The molecular formula is C17H17Cl2N3O7. The SMILES string of the molecule is CC(=O)OC[C@H]1O[C@@H](n2cnc3c(Cl)nc(Cl)cc32)[C@H](OC(C)=O)[C@@H]1OC(C)=O. The molecule has 1 fully saturated rings. The molecule has 4 atom stereocenters. The summed E-state index contributed by atoms with van der Waals surface area (Å²) in [5.74, 6) is -1.77. The zero-order chi connectivity index (χ0) is 21.3. The summed E-state index contributed by atoms with van der Waals surface area (Å²) in [7, 11) is 0. The van der Waals surface area contributed by atoms with Crippen molar-refractivity contribution in [2.24, 2.45) is 0 Å². The van der Waals surface area contributed by atoms with Crippen molar-refractivity contribution < 1.29 is 33.3 Å². The number of imidazole rings is 1. The third-order valence-electron chi connectivity index (χ3n) is 4.10. The molecule has 156 valence electrons. The van der Waals surface area contributed by atoms with Crippen LogP contribution < -0.4 is 0 Å². The lowest BCUT2D eigenvalue weighted by Crippen LogP contribution is -2.40. The fourth-order valence-corrected chi connectivity index (χ4v) is 3.55. The van der Waals surface area contributed by atoms with E-state index >= 15 is 0 Å². The van der Waals surface area contributed by atoms with Crippen LogP contribution in [0.25, 0.3) is 11.0 Å². The summed E-state index contributed by atoms with van der Waals surface area (Å²) in [5, 5.41) is 0.209. The predicted molar refractivity (Wildman–Crippen MR) is 99.2 cm³/mol. The van der Waals surface area contributed by atoms with E-state index in [2.05, 4.69) is 9.97 Å². The lowest BCUT2D eigenvalue weighted by atomic mass is 10.1. The summed E-state index contributed by atoms with van der Waals surface area (Å²) in [5.41, 5.74) is 0.820. The fourth-order valence-electron chi connectivity index (χ4n) is 3.08. The van der Waals surface area contributed by atoms with E-state index in [1.54, 1.807) is 0 Å². The van der Waals surface area contributed by atoms with Gasteiger partial charge in [0.25, 0.3) is 0 Å². The summed E-state index contributed by atoms with van der Waals surface area (Å²) in [6.07, 6.45) is -2.49. The van der Waals surface area contributed by atoms with Gasteiger partial charge in [0.05, 0.1) is 11.8 Å². The Kier molecular flexibility index (Phi) is 6.25. The molecule has 0 saturated carbocycles. The van der Waals surface area contributed by atoms with Crippen LogP contribution in [0, 0.1) is 0 Å². The van der Waals surface area contributed by atoms with Crippen LogP contribution in [0.4, 0.5) is 0 Å². The van der Waals surface area contributed by atoms with E-state index < -0.39 is 42.4 Å². The maximum Gasteiger partial charge on any atom is 0.303 e. The van der Waals surface area contributed by atoms with Gasteiger partial charge in [-0.05, 0) is 0 Å². The number of carbonyl (C=O) groups excluding carboxylic acids is 3. The van der Waals surface area contributed by atoms with E-state index in [9.17, 15) is 14.4 Å². The average Bonchev–Trinajstić information content (AvgIpc) is 3.15. The molecule has 0 aliphatic carbocycles. The highest BCUT2D eigenvalue weighted by molar-refractivity contribution is 6.36. The van der Waals surface area contributed by atoms with Crippen LogP contribution in [-0.4, -0.2) is 57.4 Å². The number of hydrogen-bond donors (Lipinski definition) is 0. The molecule has 1 saturated heterocycles. The van der Waals surface area contributed by atoms with Gasteiger partial charge in [0.15, 0.2) is 23.6 Å². The Morgan fingerprint density at radius 2 is 1.76 bits per heavy atom. The van der Waals surface area contributed by atoms with Gasteiger partial charge in [-0.15, -0.1) is 0 Å². The van der Waals surface area contributed by atoms with Crippen LogP contribution in [0.2, 0.25) is 10.3 Å². The van der Waals surface area contributed by atoms with Gasteiger partial charge in [0.2, 0.25) is 0 Å². The maximum absolute atomic E-state index is 11.7. The Hall–Kier alpha value is -2.43. The minimum absolute atomic E-state index is 0.0845. The highest BCUT2D eigenvalue weighted by atomic mass is 35.5. The summed E-state index contributed by atoms with van der Waals surface area (Å²) < 4.78 is 23.2. The Bertz CT molecular complexity index is 964. The van der Waals surface area contributed by atoms with Gasteiger partial charge in [-0.2, -0.15) is 0 Å². The van der Waals surface area contributed by atoms with Gasteiger partial charge in [-0.1, -0.05) is 23.2 Å². The Balaban J connectivity index is 2.04. The Morgan fingerprint density at radius 3 is 2.38 bits per heavy atom. The molecule has 3 rings (SSSR count). The molecule has 0 unspecified atom stereocenters. The van der Waals surface area contributed by atoms with Crippen LogP contribution in [0.3, 0.4) is 0 Å². The summed E-state index contributed by atoms with van der Waals surface area (Å²) in [6, 6.07) is 1.52. The number of hydrogen-bond acceptors (Lipinski definition) is 9. The molecule has 1 aliphatic heterocycles. The lowest BCUT2D eigenvalue weighted by molar-refractivity contribution is -0.166. The second-order valence-electron chi connectivity index (χ2n) is 6.27. The maximum atomic E-state index is 11.7. The Labute approximate surface area is 175 Å². The molecule has 0 N–H and O–H groups in total. The Morgan fingerprint density at radius 1 is 1.10 bits per heavy atom. The van der Waals surface area contributed by atoms with Crippen LogP contribution in [-0.2, 0) is 33.3 Å². The normalized spacial score (nSPS) is 23.8. The molecule has 29 heavy (non-hydrogen) atoms. The highest BCUT2D eigenvalue weighted by Crippen LogP contribution is 2.37. The second-order valence-corrected chi connectivity index (χ2v) is 7.02. The van der Waals surface area contributed by atoms with Gasteiger partial charge in [-0.25, -0.2) is 9.97 Å². The smallest absolute Gasteiger partial charge is 0.303 e. The number of pyridine rings is 1. The predicted octanol–water partition coefficient (Wildman–Crippen LogP) is 2.06. The molecule has 1 aliphatic rings. The molecule has 12 heteroatoms. The molecule has 0 radical (unpaired) electrons. The zero-order valence-corrected chi connectivity index (χ0v) is 17.1. The van der Waals surface area contributed by atoms with Gasteiger partial charge in [0.1, 0.15) is 23.4 Å². The quantitative estimate of drug-likeness (QED) is 0.386. The van der Waals surface area contributed by atoms with Crippen molar-refractivity contribution in [3.05, 3.63) is 22.7 Å². The first-order valence-corrected chi connectivity index (χ1v) is 9.24. The number of nitrogens with zero attached hydrogens (tertiary/aromatic N) is 3. The first kappa shape index (κ1) is 21.3. The third-order valence-corrected chi connectivity index (χ3v) is 4.56. The van der Waals surface area contributed by atoms with Gasteiger partial charge < -0.3 is 18.9 Å². The first-order chi connectivity index (χ1) is 13.7. The molecule has 3 heterocycles. The minimum Gasteiger partial charge on any atom is -0.463 e. The van der Waals surface area contributed by atoms with Crippen molar-refractivity contribution in [3.63, 3.8) is 0 Å². The molecule has 0 aromatic carbocycles. The van der Waals surface area contributed by atoms with E-state index in [1.807, 2.05) is 0 Å². The summed E-state index contributed by atoms with van der Waals surface area (Å²) in [6.45, 7) is 3.44. The number of fused-ring (bicyclic) bond motifs is 1. The monoisotopic (exact) mass is 445 g/mol. The van der Waals surface area contributed by atoms with E-state index in [4.69, 9.17) is 42.1 Å². The molecule has 10 nitrogen and oxygen atoms in total. The van der Waals surface area contributed by atoms with Gasteiger partial charge in [-0.3, -0.25) is 19.0 Å². The molecule has 0 bridgehead atoms. The van der Waals surface area contributed by atoms with E-state index in [0.717, 1.165) is 0 Å². The number of esters is 3. The van der Waals surface area contributed by atoms with Crippen molar-refractivity contribution in [2.75, 3.05) is 6.61 Å². The van der Waals surface area contributed by atoms with E-state index in [-0.39, 0.29) is 16.9 Å². The van der Waals surface area contributed by atoms with E-state index in [0.29, 0.717) is 11.0 Å². The molecule has 2 aromatic rings. The van der Waals surface area contributed by atoms with Crippen LogP contribution in [0.5, 0.6) is 0 Å². The molecular weight excluding hydrogens is 429 g/mol.